The molecule has 0 saturated carbocycles. The van der Waals surface area contributed by atoms with E-state index in [0.717, 1.165) is 42.2 Å². The lowest BCUT2D eigenvalue weighted by Crippen LogP contribution is -2.59. The number of halogens is 1. The van der Waals surface area contributed by atoms with Crippen LogP contribution >= 0.6 is 11.6 Å². The van der Waals surface area contributed by atoms with Crippen molar-refractivity contribution < 1.29 is 0 Å². The molecule has 1 unspecified atom stereocenters. The second-order valence-electron chi connectivity index (χ2n) is 5.99. The van der Waals surface area contributed by atoms with Crippen molar-refractivity contribution in [2.24, 2.45) is 7.05 Å². The molecule has 1 rings (SSSR count). The third-order valence-corrected chi connectivity index (χ3v) is 5.37. The smallest absolute Gasteiger partial charge is 0.0847 e. The van der Waals surface area contributed by atoms with E-state index in [1.807, 2.05) is 18.7 Å². The molecule has 0 fully saturated rings. The molecule has 0 aliphatic heterocycles. The number of aryl methyl sites for hydroxylation is 2. The molecule has 1 aromatic rings. The van der Waals surface area contributed by atoms with Crippen LogP contribution in [-0.2, 0) is 13.5 Å². The summed E-state index contributed by atoms with van der Waals surface area (Å²) < 4.78 is 1.92. The maximum Gasteiger partial charge on any atom is 0.0847 e. The van der Waals surface area contributed by atoms with E-state index in [4.69, 9.17) is 11.6 Å². The molecule has 1 heterocycles. The molecule has 1 atom stereocenters. The number of nitrogens with one attached hydrogen (secondary N) is 1. The van der Waals surface area contributed by atoms with Crippen LogP contribution in [0.15, 0.2) is 0 Å². The number of aromatic nitrogens is 2. The van der Waals surface area contributed by atoms with Gasteiger partial charge in [-0.1, -0.05) is 32.4 Å². The molecule has 0 bridgehead atoms. The van der Waals surface area contributed by atoms with Crippen LogP contribution in [-0.4, -0.2) is 46.9 Å². The summed E-state index contributed by atoms with van der Waals surface area (Å²) in [7, 11) is 6.33. The van der Waals surface area contributed by atoms with E-state index < -0.39 is 0 Å². The summed E-state index contributed by atoms with van der Waals surface area (Å²) >= 11 is 6.45. The topological polar surface area (TPSA) is 33.1 Å². The van der Waals surface area contributed by atoms with Gasteiger partial charge in [-0.15, -0.1) is 0 Å². The Labute approximate surface area is 134 Å². The van der Waals surface area contributed by atoms with Crippen molar-refractivity contribution in [3.05, 3.63) is 16.4 Å². The quantitative estimate of drug-likeness (QED) is 0.800. The molecule has 0 amide bonds. The molecule has 0 aliphatic rings. The monoisotopic (exact) mass is 314 g/mol. The minimum Gasteiger partial charge on any atom is -0.312 e. The first-order chi connectivity index (χ1) is 9.83. The Balaban J connectivity index is 3.17. The first-order valence-corrected chi connectivity index (χ1v) is 8.30. The average Bonchev–Trinajstić information content (AvgIpc) is 2.67. The van der Waals surface area contributed by atoms with Crippen LogP contribution in [0.4, 0.5) is 0 Å². The zero-order valence-corrected chi connectivity index (χ0v) is 15.4. The molecule has 122 valence electrons. The maximum absolute atomic E-state index is 6.45. The van der Waals surface area contributed by atoms with Gasteiger partial charge < -0.3 is 10.2 Å². The molecule has 0 spiro atoms. The minimum atomic E-state index is 0.123. The normalized spacial score (nSPS) is 14.0. The number of hydrogen-bond acceptors (Lipinski definition) is 3. The summed E-state index contributed by atoms with van der Waals surface area (Å²) in [6.45, 7) is 9.62. The van der Waals surface area contributed by atoms with E-state index in [1.54, 1.807) is 0 Å². The highest BCUT2D eigenvalue weighted by Crippen LogP contribution is 2.30. The van der Waals surface area contributed by atoms with Crippen LogP contribution in [0.25, 0.3) is 0 Å². The van der Waals surface area contributed by atoms with Gasteiger partial charge in [-0.05, 0) is 40.4 Å². The molecule has 1 N–H and O–H groups in total. The van der Waals surface area contributed by atoms with Crippen molar-refractivity contribution in [1.29, 1.82) is 0 Å². The van der Waals surface area contributed by atoms with E-state index in [2.05, 4.69) is 50.2 Å². The Kier molecular flexibility index (Phi) is 6.70. The van der Waals surface area contributed by atoms with E-state index in [9.17, 15) is 0 Å². The zero-order chi connectivity index (χ0) is 16.2. The minimum absolute atomic E-state index is 0.123. The summed E-state index contributed by atoms with van der Waals surface area (Å²) in [6.07, 6.45) is 3.09. The molecule has 21 heavy (non-hydrogen) atoms. The van der Waals surface area contributed by atoms with Gasteiger partial charge in [0.05, 0.1) is 16.4 Å². The van der Waals surface area contributed by atoms with Crippen LogP contribution in [0.3, 0.4) is 0 Å². The fraction of sp³-hybridized carbons (Fsp3) is 0.812. The van der Waals surface area contributed by atoms with E-state index in [0.29, 0.717) is 6.04 Å². The molecule has 1 aromatic heterocycles. The van der Waals surface area contributed by atoms with Gasteiger partial charge in [0.2, 0.25) is 0 Å². The van der Waals surface area contributed by atoms with Crippen LogP contribution in [0.2, 0.25) is 5.02 Å². The summed E-state index contributed by atoms with van der Waals surface area (Å²) in [5, 5.41) is 8.93. The van der Waals surface area contributed by atoms with Gasteiger partial charge in [-0.2, -0.15) is 5.10 Å². The van der Waals surface area contributed by atoms with Crippen molar-refractivity contribution in [2.45, 2.75) is 58.5 Å². The van der Waals surface area contributed by atoms with E-state index in [-0.39, 0.29) is 5.54 Å². The van der Waals surface area contributed by atoms with Crippen molar-refractivity contribution in [1.82, 2.24) is 20.0 Å². The SMILES string of the molecule is CCNC(Cc1c(Cl)c(C)nn1C)C(CC)(CC)N(C)C. The van der Waals surface area contributed by atoms with Gasteiger partial charge in [0.25, 0.3) is 0 Å². The number of nitrogens with zero attached hydrogens (tertiary/aromatic N) is 3. The third kappa shape index (κ3) is 3.61. The van der Waals surface area contributed by atoms with Crippen LogP contribution in [0, 0.1) is 6.92 Å². The molecule has 4 nitrogen and oxygen atoms in total. The molecule has 0 saturated heterocycles. The lowest BCUT2D eigenvalue weighted by Gasteiger charge is -2.45. The second kappa shape index (κ2) is 7.61. The highest BCUT2D eigenvalue weighted by molar-refractivity contribution is 6.31. The van der Waals surface area contributed by atoms with Crippen molar-refractivity contribution in [3.63, 3.8) is 0 Å². The summed E-state index contributed by atoms with van der Waals surface area (Å²) in [6, 6.07) is 0.347. The largest absolute Gasteiger partial charge is 0.312 e. The number of likely N-dealkylation sites (N-methyl/N-ethyl adjacent to an activating group) is 2. The van der Waals surface area contributed by atoms with Crippen molar-refractivity contribution >= 4 is 11.6 Å². The van der Waals surface area contributed by atoms with Gasteiger partial charge in [0, 0.05) is 25.0 Å². The molecular weight excluding hydrogens is 284 g/mol. The zero-order valence-electron chi connectivity index (χ0n) is 14.6. The Hall–Kier alpha value is -0.580. The summed E-state index contributed by atoms with van der Waals surface area (Å²) in [5.41, 5.74) is 2.15. The molecule has 5 heteroatoms. The van der Waals surface area contributed by atoms with Gasteiger partial charge in [0.15, 0.2) is 0 Å². The Morgan fingerprint density at radius 1 is 1.29 bits per heavy atom. The third-order valence-electron chi connectivity index (χ3n) is 4.87. The van der Waals surface area contributed by atoms with E-state index in [1.165, 1.54) is 0 Å². The molecule has 0 aliphatic carbocycles. The van der Waals surface area contributed by atoms with Gasteiger partial charge in [-0.25, -0.2) is 0 Å². The predicted octanol–water partition coefficient (Wildman–Crippen LogP) is 3.02. The van der Waals surface area contributed by atoms with Crippen molar-refractivity contribution in [3.8, 4) is 0 Å². The van der Waals surface area contributed by atoms with E-state index >= 15 is 0 Å². The molecule has 0 radical (unpaired) electrons. The fourth-order valence-corrected chi connectivity index (χ4v) is 3.72. The highest BCUT2D eigenvalue weighted by Gasteiger charge is 2.38. The lowest BCUT2D eigenvalue weighted by molar-refractivity contribution is 0.0881. The standard InChI is InChI=1S/C16H31ClN4/c1-8-16(9-2,20(5)6)14(18-10-3)11-13-15(17)12(4)19-21(13)7/h14,18H,8-11H2,1-7H3. The molecular formula is C16H31ClN4. The Bertz CT molecular complexity index is 449. The van der Waals surface area contributed by atoms with Gasteiger partial charge >= 0.3 is 0 Å². The van der Waals surface area contributed by atoms with Crippen molar-refractivity contribution in [2.75, 3.05) is 20.6 Å². The number of hydrogen-bond donors (Lipinski definition) is 1. The number of rotatable bonds is 8. The summed E-state index contributed by atoms with van der Waals surface area (Å²) in [4.78, 5) is 2.36. The Morgan fingerprint density at radius 3 is 2.19 bits per heavy atom. The van der Waals surface area contributed by atoms with Crippen LogP contribution in [0.1, 0.15) is 45.0 Å². The molecule has 0 aromatic carbocycles. The van der Waals surface area contributed by atoms with Gasteiger partial charge in [-0.3, -0.25) is 4.68 Å². The fourth-order valence-electron chi connectivity index (χ4n) is 3.48. The van der Waals surface area contributed by atoms with Gasteiger partial charge in [0.1, 0.15) is 0 Å². The highest BCUT2D eigenvalue weighted by atomic mass is 35.5. The first-order valence-electron chi connectivity index (χ1n) is 7.92. The Morgan fingerprint density at radius 2 is 1.86 bits per heavy atom. The predicted molar refractivity (Wildman–Crippen MR) is 91.1 cm³/mol. The average molecular weight is 315 g/mol. The second-order valence-corrected chi connectivity index (χ2v) is 6.37. The van der Waals surface area contributed by atoms with Crippen LogP contribution < -0.4 is 5.32 Å². The maximum atomic E-state index is 6.45. The first kappa shape index (κ1) is 18.5. The van der Waals surface area contributed by atoms with Crippen LogP contribution in [0.5, 0.6) is 0 Å². The summed E-state index contributed by atoms with van der Waals surface area (Å²) in [5.74, 6) is 0. The lowest BCUT2D eigenvalue weighted by atomic mass is 9.80.